The second kappa shape index (κ2) is 13.7. The number of carbonyl (C=O) groups excluding carboxylic acids is 1. The van der Waals surface area contributed by atoms with Crippen LogP contribution in [0.25, 0.3) is 0 Å². The van der Waals surface area contributed by atoms with Gasteiger partial charge in [-0.25, -0.2) is 24.7 Å². The number of anilines is 3. The number of rotatable bonds is 9. The lowest BCUT2D eigenvalue weighted by molar-refractivity contribution is -0.146. The molecule has 8 rings (SSSR count). The minimum atomic E-state index is -3.90. The van der Waals surface area contributed by atoms with Crippen LogP contribution in [0.5, 0.6) is 5.75 Å². The molecule has 5 aliphatic rings. The second-order valence-corrected chi connectivity index (χ2v) is 15.6. The molecule has 1 aromatic carbocycles. The van der Waals surface area contributed by atoms with Gasteiger partial charge in [0, 0.05) is 75.4 Å². The summed E-state index contributed by atoms with van der Waals surface area (Å²) in [5.74, 6) is -4.59. The summed E-state index contributed by atoms with van der Waals surface area (Å²) in [6, 6.07) is 7.58. The van der Waals surface area contributed by atoms with Gasteiger partial charge in [-0.1, -0.05) is 6.92 Å². The molecule has 2 saturated carbocycles. The van der Waals surface area contributed by atoms with Gasteiger partial charge in [0.05, 0.1) is 5.56 Å². The first-order valence-electron chi connectivity index (χ1n) is 18.6. The quantitative estimate of drug-likeness (QED) is 0.281. The van der Waals surface area contributed by atoms with Crippen molar-refractivity contribution in [1.29, 1.82) is 0 Å². The lowest BCUT2D eigenvalue weighted by atomic mass is 9.76. The van der Waals surface area contributed by atoms with Crippen molar-refractivity contribution in [3.8, 4) is 5.75 Å². The first-order chi connectivity index (χ1) is 25.5. The third kappa shape index (κ3) is 6.45. The molecule has 3 aromatic rings. The Morgan fingerprint density at radius 2 is 1.83 bits per heavy atom. The molecule has 5 heterocycles. The Bertz CT molecular complexity index is 1860. The van der Waals surface area contributed by atoms with Crippen LogP contribution in [0.4, 0.5) is 26.4 Å². The highest BCUT2D eigenvalue weighted by Crippen LogP contribution is 2.52. The molecule has 2 saturated heterocycles. The monoisotopic (exact) mass is 733 g/mol. The first-order valence-corrected chi connectivity index (χ1v) is 18.6. The van der Waals surface area contributed by atoms with Crippen LogP contribution in [0.2, 0.25) is 0 Å². The molecular formula is C38H45F2N7O6. The van der Waals surface area contributed by atoms with Gasteiger partial charge in [-0.2, -0.15) is 8.78 Å². The van der Waals surface area contributed by atoms with Crippen LogP contribution in [-0.4, -0.2) is 93.1 Å². The van der Waals surface area contributed by atoms with E-state index in [2.05, 4.69) is 37.1 Å². The number of aliphatic hydroxyl groups is 1. The lowest BCUT2D eigenvalue weighted by Gasteiger charge is -2.35. The maximum absolute atomic E-state index is 15.5. The molecule has 0 radical (unpaired) electrons. The highest BCUT2D eigenvalue weighted by Gasteiger charge is 2.57. The molecule has 4 fully saturated rings. The molecule has 282 valence electrons. The fourth-order valence-electron chi connectivity index (χ4n) is 9.61. The molecular weight excluding hydrogens is 688 g/mol. The highest BCUT2D eigenvalue weighted by molar-refractivity contribution is 5.99. The van der Waals surface area contributed by atoms with Crippen molar-refractivity contribution in [2.45, 2.75) is 81.3 Å². The van der Waals surface area contributed by atoms with Gasteiger partial charge >= 0.3 is 11.9 Å². The van der Waals surface area contributed by atoms with E-state index in [1.165, 1.54) is 0 Å². The van der Waals surface area contributed by atoms with E-state index in [1.54, 1.807) is 23.4 Å². The summed E-state index contributed by atoms with van der Waals surface area (Å²) in [6.45, 7) is 3.44. The van der Waals surface area contributed by atoms with Crippen LogP contribution >= 0.6 is 0 Å². The van der Waals surface area contributed by atoms with Crippen molar-refractivity contribution in [3.63, 3.8) is 0 Å². The van der Waals surface area contributed by atoms with Crippen LogP contribution in [0.15, 0.2) is 42.9 Å². The van der Waals surface area contributed by atoms with E-state index in [-0.39, 0.29) is 35.7 Å². The third-order valence-electron chi connectivity index (χ3n) is 12.2. The number of carboxylic acids is 1. The molecule has 1 amide bonds. The van der Waals surface area contributed by atoms with Gasteiger partial charge in [0.25, 0.3) is 5.91 Å². The number of piperidine rings is 1. The summed E-state index contributed by atoms with van der Waals surface area (Å²) < 4.78 is 43.3. The van der Waals surface area contributed by atoms with Crippen molar-refractivity contribution in [1.82, 2.24) is 25.3 Å². The molecule has 1 spiro atoms. The lowest BCUT2D eigenvalue weighted by Crippen LogP contribution is -2.57. The molecule has 2 aromatic heterocycles. The van der Waals surface area contributed by atoms with Crippen LogP contribution in [-0.2, 0) is 20.9 Å². The molecule has 53 heavy (non-hydrogen) atoms. The van der Waals surface area contributed by atoms with Crippen molar-refractivity contribution < 1.29 is 38.1 Å². The predicted molar refractivity (Wildman–Crippen MR) is 189 cm³/mol. The summed E-state index contributed by atoms with van der Waals surface area (Å²) in [5.41, 5.74) is -1.74. The SMILES string of the molecule is CC1CC2CC(C1)C(NC(=O)c1cnc(N3CC4(CCOCC4)c4cc(OC5CCN(c6ncccn6)CC5)ccc43)nc1C(F)(F)CO)(C(=O)O)C2. The Labute approximate surface area is 306 Å². The van der Waals surface area contributed by atoms with E-state index in [1.807, 2.05) is 18.2 Å². The minimum Gasteiger partial charge on any atom is -0.490 e. The molecule has 13 nitrogen and oxygen atoms in total. The maximum atomic E-state index is 15.5. The normalized spacial score (nSPS) is 26.8. The number of nitrogens with zero attached hydrogens (tertiary/aromatic N) is 6. The van der Waals surface area contributed by atoms with Crippen LogP contribution in [0, 0.1) is 17.8 Å². The molecule has 3 N–H and O–H groups in total. The largest absolute Gasteiger partial charge is 0.490 e. The van der Waals surface area contributed by atoms with E-state index >= 15 is 8.78 Å². The van der Waals surface area contributed by atoms with Crippen LogP contribution < -0.4 is 19.9 Å². The van der Waals surface area contributed by atoms with Gasteiger partial charge in [-0.3, -0.25) is 4.79 Å². The number of nitrogens with one attached hydrogen (secondary N) is 1. The van der Waals surface area contributed by atoms with E-state index in [0.717, 1.165) is 49.8 Å². The third-order valence-corrected chi connectivity index (χ3v) is 12.2. The van der Waals surface area contributed by atoms with Crippen molar-refractivity contribution >= 4 is 29.5 Å². The zero-order valence-electron chi connectivity index (χ0n) is 29.7. The number of hydrogen-bond acceptors (Lipinski definition) is 11. The average Bonchev–Trinajstić information content (AvgIpc) is 3.61. The number of fused-ring (bicyclic) bond motifs is 4. The van der Waals surface area contributed by atoms with Crippen LogP contribution in [0.1, 0.15) is 79.9 Å². The van der Waals surface area contributed by atoms with Gasteiger partial charge in [-0.15, -0.1) is 0 Å². The number of aromatic nitrogens is 4. The fourth-order valence-corrected chi connectivity index (χ4v) is 9.61. The summed E-state index contributed by atoms with van der Waals surface area (Å²) >= 11 is 0. The number of halogens is 2. The zero-order chi connectivity index (χ0) is 37.0. The second-order valence-electron chi connectivity index (χ2n) is 15.6. The smallest absolute Gasteiger partial charge is 0.329 e. The first kappa shape index (κ1) is 35.5. The van der Waals surface area contributed by atoms with Crippen molar-refractivity contribution in [2.75, 3.05) is 49.3 Å². The van der Waals surface area contributed by atoms with Gasteiger partial charge in [0.1, 0.15) is 29.7 Å². The molecule has 2 aliphatic carbocycles. The average molecular weight is 734 g/mol. The number of carboxylic acid groups (broad SMARTS) is 1. The zero-order valence-corrected chi connectivity index (χ0v) is 29.7. The van der Waals surface area contributed by atoms with Gasteiger partial charge in [-0.05, 0) is 86.1 Å². The Morgan fingerprint density at radius 1 is 1.08 bits per heavy atom. The van der Waals surface area contributed by atoms with E-state index in [0.29, 0.717) is 63.1 Å². The Hall–Kier alpha value is -4.50. The number of carbonyl (C=O) groups is 2. The fraction of sp³-hybridized carbons (Fsp3) is 0.579. The molecule has 4 atom stereocenters. The minimum absolute atomic E-state index is 0.00564. The summed E-state index contributed by atoms with van der Waals surface area (Å²) in [7, 11) is 0. The predicted octanol–water partition coefficient (Wildman–Crippen LogP) is 4.61. The van der Waals surface area contributed by atoms with Crippen molar-refractivity contribution in [2.24, 2.45) is 17.8 Å². The number of benzene rings is 1. The Kier molecular flexibility index (Phi) is 9.20. The topological polar surface area (TPSA) is 163 Å². The summed E-state index contributed by atoms with van der Waals surface area (Å²) in [5, 5.41) is 22.8. The molecule has 3 aliphatic heterocycles. The van der Waals surface area contributed by atoms with Gasteiger partial charge in [0.15, 0.2) is 0 Å². The standard InChI is InChI=1S/C38H45F2N7O6/c1-23-15-24-17-25(16-23)37(19-24,33(50)51)45-32(49)28-20-43-35(44-31(28)38(39,40)22-48)47-21-36(7-13-52-14-8-36)29-18-27(3-4-30(29)47)53-26-5-11-46(12-6-26)34-41-9-2-10-42-34/h2-4,9-10,18,20,23-26,48H,5-8,11-17,19,21-22H2,1H3,(H,45,49)(H,50,51). The van der Waals surface area contributed by atoms with E-state index in [4.69, 9.17) is 9.47 Å². The molecule has 15 heteroatoms. The number of aliphatic hydroxyl groups excluding tert-OH is 1. The van der Waals surface area contributed by atoms with Gasteiger partial charge < -0.3 is 34.8 Å². The van der Waals surface area contributed by atoms with Crippen molar-refractivity contribution in [3.05, 3.63) is 59.7 Å². The Balaban J connectivity index is 1.07. The summed E-state index contributed by atoms with van der Waals surface area (Å²) in [4.78, 5) is 47.9. The van der Waals surface area contributed by atoms with E-state index in [9.17, 15) is 19.8 Å². The molecule has 2 bridgehead atoms. The highest BCUT2D eigenvalue weighted by atomic mass is 19.3. The number of aliphatic carboxylic acids is 1. The van der Waals surface area contributed by atoms with Crippen LogP contribution in [0.3, 0.4) is 0 Å². The van der Waals surface area contributed by atoms with E-state index < -0.39 is 41.2 Å². The number of ether oxygens (including phenoxy) is 2. The summed E-state index contributed by atoms with van der Waals surface area (Å²) in [6.07, 6.45) is 9.83. The maximum Gasteiger partial charge on any atom is 0.329 e. The number of alkyl halides is 2. The Morgan fingerprint density at radius 3 is 2.55 bits per heavy atom. The number of amides is 1. The number of hydrogen-bond donors (Lipinski definition) is 3. The van der Waals surface area contributed by atoms with Gasteiger partial charge in [0.2, 0.25) is 11.9 Å². The molecule has 4 unspecified atom stereocenters.